The maximum absolute atomic E-state index is 10.3. The lowest BCUT2D eigenvalue weighted by molar-refractivity contribution is -0.0511. The van der Waals surface area contributed by atoms with Gasteiger partial charge in [-0.2, -0.15) is 9.97 Å². The van der Waals surface area contributed by atoms with Crippen LogP contribution in [-0.4, -0.2) is 59.8 Å². The van der Waals surface area contributed by atoms with Crippen LogP contribution in [0.15, 0.2) is 36.7 Å². The van der Waals surface area contributed by atoms with Crippen LogP contribution < -0.4 is 10.5 Å². The number of hydrogen-bond acceptors (Lipinski definition) is 10. The molecule has 4 atom stereocenters. The fourth-order valence-corrected chi connectivity index (χ4v) is 4.53. The second kappa shape index (κ2) is 7.45. The molecule has 10 nitrogen and oxygen atoms in total. The van der Waals surface area contributed by atoms with Gasteiger partial charge in [-0.15, -0.1) is 11.3 Å². The second-order valence-electron chi connectivity index (χ2n) is 6.98. The van der Waals surface area contributed by atoms with E-state index in [-0.39, 0.29) is 18.4 Å². The van der Waals surface area contributed by atoms with Crippen LogP contribution >= 0.6 is 11.3 Å². The number of rotatable bonds is 5. The number of nitrogens with zero attached hydrogens (tertiary/aromatic N) is 4. The van der Waals surface area contributed by atoms with Gasteiger partial charge in [-0.1, -0.05) is 18.2 Å². The molecule has 1 aliphatic rings. The van der Waals surface area contributed by atoms with Crippen LogP contribution in [0.1, 0.15) is 11.1 Å². The molecular formula is C19H19N5O5S. The molecule has 0 bridgehead atoms. The van der Waals surface area contributed by atoms with E-state index >= 15 is 0 Å². The number of ether oxygens (including phenoxy) is 2. The molecule has 0 radical (unpaired) electrons. The third-order valence-electron chi connectivity index (χ3n) is 5.03. The number of benzene rings is 1. The van der Waals surface area contributed by atoms with Crippen LogP contribution in [0.2, 0.25) is 0 Å². The van der Waals surface area contributed by atoms with E-state index < -0.39 is 31.1 Å². The smallest absolute Gasteiger partial charge is 0.247 e. The zero-order valence-electron chi connectivity index (χ0n) is 15.6. The summed E-state index contributed by atoms with van der Waals surface area (Å²) in [6, 6.07) is 10.1. The Kier molecular flexibility index (Phi) is 4.76. The predicted molar refractivity (Wildman–Crippen MR) is 109 cm³/mol. The quantitative estimate of drug-likeness (QED) is 0.362. The molecule has 0 amide bonds. The van der Waals surface area contributed by atoms with Gasteiger partial charge < -0.3 is 30.5 Å². The van der Waals surface area contributed by atoms with Gasteiger partial charge in [0.2, 0.25) is 11.8 Å². The van der Waals surface area contributed by atoms with Gasteiger partial charge in [-0.25, -0.2) is 4.98 Å². The van der Waals surface area contributed by atoms with E-state index in [0.29, 0.717) is 11.2 Å². The summed E-state index contributed by atoms with van der Waals surface area (Å²) < 4.78 is 14.1. The van der Waals surface area contributed by atoms with Gasteiger partial charge >= 0.3 is 0 Å². The lowest BCUT2D eigenvalue weighted by atomic mass is 10.1. The van der Waals surface area contributed by atoms with Crippen molar-refractivity contribution in [1.29, 1.82) is 0 Å². The number of anilines is 1. The van der Waals surface area contributed by atoms with Crippen LogP contribution in [0.5, 0.6) is 5.88 Å². The predicted octanol–water partition coefficient (Wildman–Crippen LogP) is 0.814. The molecule has 0 aliphatic carbocycles. The second-order valence-corrected chi connectivity index (χ2v) is 8.15. The number of fused-ring (bicyclic) bond motifs is 2. The van der Waals surface area contributed by atoms with Crippen LogP contribution in [-0.2, 0) is 11.3 Å². The van der Waals surface area contributed by atoms with Crippen molar-refractivity contribution in [2.24, 2.45) is 0 Å². The molecule has 3 aromatic heterocycles. The zero-order chi connectivity index (χ0) is 20.8. The Balaban J connectivity index is 1.45. The Morgan fingerprint density at radius 3 is 2.80 bits per heavy atom. The summed E-state index contributed by atoms with van der Waals surface area (Å²) in [5.74, 6) is 0.183. The molecule has 0 spiro atoms. The Morgan fingerprint density at radius 2 is 2.03 bits per heavy atom. The minimum Gasteiger partial charge on any atom is -0.470 e. The molecule has 1 aromatic carbocycles. The Labute approximate surface area is 174 Å². The first-order valence-electron chi connectivity index (χ1n) is 9.28. The molecule has 5 rings (SSSR count). The van der Waals surface area contributed by atoms with E-state index in [2.05, 4.69) is 21.0 Å². The number of aliphatic hydroxyl groups excluding tert-OH is 3. The van der Waals surface area contributed by atoms with E-state index in [1.807, 2.05) is 24.3 Å². The lowest BCUT2D eigenvalue weighted by Crippen LogP contribution is -2.33. The first-order valence-corrected chi connectivity index (χ1v) is 10.1. The fourth-order valence-electron chi connectivity index (χ4n) is 3.55. The van der Waals surface area contributed by atoms with Crippen molar-refractivity contribution in [1.82, 2.24) is 19.5 Å². The molecule has 30 heavy (non-hydrogen) atoms. The van der Waals surface area contributed by atoms with Gasteiger partial charge in [0.05, 0.1) is 12.9 Å². The largest absolute Gasteiger partial charge is 0.470 e. The van der Waals surface area contributed by atoms with Crippen LogP contribution in [0.25, 0.3) is 21.3 Å². The molecule has 0 saturated carbocycles. The summed E-state index contributed by atoms with van der Waals surface area (Å²) in [6.07, 6.45) is -2.98. The minimum atomic E-state index is -1.27. The molecule has 4 aromatic rings. The average Bonchev–Trinajstić information content (AvgIpc) is 3.42. The van der Waals surface area contributed by atoms with Crippen molar-refractivity contribution in [3.05, 3.63) is 41.5 Å². The van der Waals surface area contributed by atoms with Gasteiger partial charge in [0.1, 0.15) is 24.9 Å². The molecule has 11 heteroatoms. The molecule has 1 fully saturated rings. The summed E-state index contributed by atoms with van der Waals surface area (Å²) in [7, 11) is 0. The Hall–Kier alpha value is -2.83. The SMILES string of the molecule is Nc1nc(OCc2cc3ccccc3s2)c2ncn([C@@H]3O[C@H](CO)[C@@H](O)[C@H]3O)c2n1. The molecule has 156 valence electrons. The highest BCUT2D eigenvalue weighted by molar-refractivity contribution is 7.19. The van der Waals surface area contributed by atoms with E-state index in [0.717, 1.165) is 15.0 Å². The highest BCUT2D eigenvalue weighted by atomic mass is 32.1. The molecule has 1 aliphatic heterocycles. The highest BCUT2D eigenvalue weighted by Gasteiger charge is 2.44. The fraction of sp³-hybridized carbons (Fsp3) is 0.316. The molecule has 5 N–H and O–H groups in total. The van der Waals surface area contributed by atoms with Crippen molar-refractivity contribution < 1.29 is 24.8 Å². The van der Waals surface area contributed by atoms with Gasteiger partial charge in [0.15, 0.2) is 17.4 Å². The number of nitrogens with two attached hydrogens (primary N) is 1. The average molecular weight is 429 g/mol. The van der Waals surface area contributed by atoms with Gasteiger partial charge in [-0.05, 0) is 17.5 Å². The number of imidazole rings is 1. The van der Waals surface area contributed by atoms with E-state index in [4.69, 9.17) is 15.2 Å². The highest BCUT2D eigenvalue weighted by Crippen LogP contribution is 2.33. The zero-order valence-corrected chi connectivity index (χ0v) is 16.4. The van der Waals surface area contributed by atoms with Gasteiger partial charge in [0.25, 0.3) is 0 Å². The maximum atomic E-state index is 10.3. The first-order chi connectivity index (χ1) is 14.5. The normalized spacial score (nSPS) is 24.1. The number of aromatic nitrogens is 4. The van der Waals surface area contributed by atoms with Gasteiger partial charge in [-0.3, -0.25) is 4.57 Å². The first kappa shape index (κ1) is 19.2. The summed E-state index contributed by atoms with van der Waals surface area (Å²) in [4.78, 5) is 13.7. The van der Waals surface area contributed by atoms with Crippen molar-refractivity contribution in [2.75, 3.05) is 12.3 Å². The molecule has 0 unspecified atom stereocenters. The molecule has 1 saturated heterocycles. The maximum Gasteiger partial charge on any atom is 0.247 e. The third-order valence-corrected chi connectivity index (χ3v) is 6.12. The third kappa shape index (κ3) is 3.16. The van der Waals surface area contributed by atoms with Crippen LogP contribution in [0.4, 0.5) is 5.95 Å². The monoisotopic (exact) mass is 429 g/mol. The lowest BCUT2D eigenvalue weighted by Gasteiger charge is -2.16. The van der Waals surface area contributed by atoms with E-state index in [1.165, 1.54) is 10.9 Å². The standard InChI is InChI=1S/C19H19N5O5S/c20-19-22-16-13(21-8-24(16)18-15(27)14(26)11(6-25)29-18)17(23-19)28-7-10-5-9-3-1-2-4-12(9)30-10/h1-5,8,11,14-15,18,25-27H,6-7H2,(H2,20,22,23)/t11-,14-,15-,18-/m1/s1. The molecular weight excluding hydrogens is 410 g/mol. The summed E-state index contributed by atoms with van der Waals surface area (Å²) in [6.45, 7) is -0.145. The van der Waals surface area contributed by atoms with E-state index in [1.54, 1.807) is 11.3 Å². The minimum absolute atomic E-state index is 0.0256. The number of hydrogen-bond donors (Lipinski definition) is 4. The summed E-state index contributed by atoms with van der Waals surface area (Å²) >= 11 is 1.63. The summed E-state index contributed by atoms with van der Waals surface area (Å²) in [5.41, 5.74) is 6.51. The Morgan fingerprint density at radius 1 is 1.20 bits per heavy atom. The Bertz CT molecular complexity index is 1180. The number of nitrogen functional groups attached to an aromatic ring is 1. The van der Waals surface area contributed by atoms with E-state index in [9.17, 15) is 15.3 Å². The van der Waals surface area contributed by atoms with Crippen LogP contribution in [0, 0.1) is 0 Å². The van der Waals surface area contributed by atoms with Crippen LogP contribution in [0.3, 0.4) is 0 Å². The van der Waals surface area contributed by atoms with Crippen molar-refractivity contribution in [3.8, 4) is 5.88 Å². The number of aliphatic hydroxyl groups is 3. The van der Waals surface area contributed by atoms with Crippen molar-refractivity contribution >= 4 is 38.5 Å². The molecule has 4 heterocycles. The van der Waals surface area contributed by atoms with Crippen molar-refractivity contribution in [3.63, 3.8) is 0 Å². The van der Waals surface area contributed by atoms with Gasteiger partial charge in [0, 0.05) is 9.58 Å². The summed E-state index contributed by atoms with van der Waals surface area (Å²) in [5, 5.41) is 30.8. The topological polar surface area (TPSA) is 149 Å². The van der Waals surface area contributed by atoms with Crippen molar-refractivity contribution in [2.45, 2.75) is 31.1 Å². The number of thiophene rings is 1.